The van der Waals surface area contributed by atoms with Crippen LogP contribution in [0.15, 0.2) is 60.7 Å². The summed E-state index contributed by atoms with van der Waals surface area (Å²) in [5.41, 5.74) is 1.32. The van der Waals surface area contributed by atoms with E-state index in [1.807, 2.05) is 48.5 Å². The molecule has 2 aromatic carbocycles. The third-order valence-corrected chi connectivity index (χ3v) is 1.93. The van der Waals surface area contributed by atoms with Crippen molar-refractivity contribution >= 4 is 11.6 Å². The number of rotatable bonds is 0. The SMILES string of the molecule is Cc1ccccc1.Clc1ccccc1. The number of halogens is 1. The Labute approximate surface area is 90.2 Å². The minimum atomic E-state index is 0.794. The van der Waals surface area contributed by atoms with Crippen LogP contribution in [0.5, 0.6) is 0 Å². The Morgan fingerprint density at radius 2 is 1.14 bits per heavy atom. The van der Waals surface area contributed by atoms with Gasteiger partial charge in [-0.05, 0) is 19.1 Å². The van der Waals surface area contributed by atoms with Crippen molar-refractivity contribution in [2.75, 3.05) is 0 Å². The van der Waals surface area contributed by atoms with E-state index in [2.05, 4.69) is 19.1 Å². The van der Waals surface area contributed by atoms with Crippen molar-refractivity contribution in [1.82, 2.24) is 0 Å². The van der Waals surface area contributed by atoms with E-state index in [1.165, 1.54) is 5.56 Å². The van der Waals surface area contributed by atoms with Crippen molar-refractivity contribution in [1.29, 1.82) is 0 Å². The summed E-state index contributed by atoms with van der Waals surface area (Å²) in [4.78, 5) is 0. The van der Waals surface area contributed by atoms with Gasteiger partial charge in [0, 0.05) is 5.02 Å². The molecule has 0 amide bonds. The Bertz CT molecular complexity index is 303. The van der Waals surface area contributed by atoms with Crippen molar-refractivity contribution in [2.45, 2.75) is 6.92 Å². The van der Waals surface area contributed by atoms with E-state index in [4.69, 9.17) is 11.6 Å². The van der Waals surface area contributed by atoms with E-state index in [9.17, 15) is 0 Å². The van der Waals surface area contributed by atoms with Gasteiger partial charge in [-0.15, -0.1) is 0 Å². The topological polar surface area (TPSA) is 0 Å². The third kappa shape index (κ3) is 4.68. The molecule has 0 unspecified atom stereocenters. The van der Waals surface area contributed by atoms with Crippen LogP contribution in [0.1, 0.15) is 5.56 Å². The molecule has 2 aromatic rings. The van der Waals surface area contributed by atoms with Crippen molar-refractivity contribution in [3.05, 3.63) is 71.2 Å². The fourth-order valence-electron chi connectivity index (χ4n) is 0.949. The van der Waals surface area contributed by atoms with Crippen LogP contribution in [0.2, 0.25) is 5.02 Å². The Morgan fingerprint density at radius 1 is 0.714 bits per heavy atom. The highest BCUT2D eigenvalue weighted by Gasteiger charge is 1.75. The highest BCUT2D eigenvalue weighted by atomic mass is 35.5. The maximum absolute atomic E-state index is 5.54. The van der Waals surface area contributed by atoms with Crippen LogP contribution in [-0.2, 0) is 0 Å². The van der Waals surface area contributed by atoms with Gasteiger partial charge in [0.25, 0.3) is 0 Å². The van der Waals surface area contributed by atoms with Crippen LogP contribution < -0.4 is 0 Å². The summed E-state index contributed by atoms with van der Waals surface area (Å²) >= 11 is 5.54. The molecule has 0 aliphatic heterocycles. The molecule has 0 atom stereocenters. The van der Waals surface area contributed by atoms with E-state index in [0.717, 1.165) is 5.02 Å². The van der Waals surface area contributed by atoms with E-state index in [-0.39, 0.29) is 0 Å². The first-order chi connectivity index (χ1) is 6.79. The maximum Gasteiger partial charge on any atom is 0.0405 e. The van der Waals surface area contributed by atoms with Crippen LogP contribution in [-0.4, -0.2) is 0 Å². The first-order valence-corrected chi connectivity index (χ1v) is 4.89. The van der Waals surface area contributed by atoms with Gasteiger partial charge in [-0.25, -0.2) is 0 Å². The van der Waals surface area contributed by atoms with Crippen LogP contribution >= 0.6 is 11.6 Å². The molecule has 14 heavy (non-hydrogen) atoms. The summed E-state index contributed by atoms with van der Waals surface area (Å²) < 4.78 is 0. The molecule has 0 aliphatic rings. The Kier molecular flexibility index (Phi) is 4.81. The second-order valence-electron chi connectivity index (χ2n) is 2.95. The van der Waals surface area contributed by atoms with E-state index in [1.54, 1.807) is 0 Å². The zero-order valence-corrected chi connectivity index (χ0v) is 8.91. The lowest BCUT2D eigenvalue weighted by atomic mass is 10.2. The largest absolute Gasteiger partial charge is 0.0843 e. The molecule has 0 nitrogen and oxygen atoms in total. The van der Waals surface area contributed by atoms with E-state index < -0.39 is 0 Å². The second-order valence-corrected chi connectivity index (χ2v) is 3.39. The molecule has 0 aromatic heterocycles. The van der Waals surface area contributed by atoms with Crippen LogP contribution in [0, 0.1) is 6.92 Å². The van der Waals surface area contributed by atoms with Crippen molar-refractivity contribution < 1.29 is 0 Å². The zero-order chi connectivity index (χ0) is 10.2. The Balaban J connectivity index is 0.000000140. The lowest BCUT2D eigenvalue weighted by molar-refractivity contribution is 1.48. The Hall–Kier alpha value is -1.27. The zero-order valence-electron chi connectivity index (χ0n) is 8.15. The van der Waals surface area contributed by atoms with Gasteiger partial charge in [0.1, 0.15) is 0 Å². The minimum absolute atomic E-state index is 0.794. The number of hydrogen-bond donors (Lipinski definition) is 0. The van der Waals surface area contributed by atoms with Gasteiger partial charge >= 0.3 is 0 Å². The number of benzene rings is 2. The minimum Gasteiger partial charge on any atom is -0.0843 e. The molecule has 0 heterocycles. The molecular weight excluding hydrogens is 192 g/mol. The number of aryl methyl sites for hydroxylation is 1. The molecule has 0 radical (unpaired) electrons. The highest BCUT2D eigenvalue weighted by Crippen LogP contribution is 2.03. The van der Waals surface area contributed by atoms with Crippen LogP contribution in [0.25, 0.3) is 0 Å². The molecular formula is C13H13Cl. The van der Waals surface area contributed by atoms with Gasteiger partial charge in [0.2, 0.25) is 0 Å². The van der Waals surface area contributed by atoms with Crippen LogP contribution in [0.3, 0.4) is 0 Å². The predicted octanol–water partition coefficient (Wildman–Crippen LogP) is 4.34. The fourth-order valence-corrected chi connectivity index (χ4v) is 1.09. The highest BCUT2D eigenvalue weighted by molar-refractivity contribution is 6.30. The predicted molar refractivity (Wildman–Crippen MR) is 62.6 cm³/mol. The summed E-state index contributed by atoms with van der Waals surface area (Å²) in [5, 5.41) is 0.794. The van der Waals surface area contributed by atoms with Gasteiger partial charge in [0.15, 0.2) is 0 Å². The van der Waals surface area contributed by atoms with E-state index >= 15 is 0 Å². The molecule has 0 spiro atoms. The van der Waals surface area contributed by atoms with Crippen molar-refractivity contribution in [2.24, 2.45) is 0 Å². The lowest BCUT2D eigenvalue weighted by Gasteiger charge is -1.82. The fraction of sp³-hybridized carbons (Fsp3) is 0.0769. The summed E-state index contributed by atoms with van der Waals surface area (Å²) in [6, 6.07) is 19.7. The van der Waals surface area contributed by atoms with Gasteiger partial charge in [-0.2, -0.15) is 0 Å². The summed E-state index contributed by atoms with van der Waals surface area (Å²) in [6.07, 6.45) is 0. The Morgan fingerprint density at radius 3 is 1.36 bits per heavy atom. The van der Waals surface area contributed by atoms with Crippen LogP contribution in [0.4, 0.5) is 0 Å². The van der Waals surface area contributed by atoms with Gasteiger partial charge in [0.05, 0.1) is 0 Å². The molecule has 1 heteroatoms. The maximum atomic E-state index is 5.54. The first kappa shape index (κ1) is 10.8. The van der Waals surface area contributed by atoms with E-state index in [0.29, 0.717) is 0 Å². The molecule has 0 bridgehead atoms. The molecule has 0 saturated carbocycles. The van der Waals surface area contributed by atoms with Crippen molar-refractivity contribution in [3.63, 3.8) is 0 Å². The summed E-state index contributed by atoms with van der Waals surface area (Å²) in [6.45, 7) is 2.08. The second kappa shape index (κ2) is 6.22. The standard InChI is InChI=1S/C7H8.C6H5Cl/c1-7-5-3-2-4-6-7;7-6-4-2-1-3-5-6/h2-6H,1H3;1-5H. The molecule has 2 rings (SSSR count). The molecule has 72 valence electrons. The lowest BCUT2D eigenvalue weighted by Crippen LogP contribution is -1.62. The average Bonchev–Trinajstić information content (AvgIpc) is 2.21. The normalized spacial score (nSPS) is 8.71. The van der Waals surface area contributed by atoms with Gasteiger partial charge in [-0.3, -0.25) is 0 Å². The van der Waals surface area contributed by atoms with Gasteiger partial charge in [-0.1, -0.05) is 65.7 Å². The summed E-state index contributed by atoms with van der Waals surface area (Å²) in [7, 11) is 0. The third-order valence-electron chi connectivity index (χ3n) is 1.67. The number of hydrogen-bond acceptors (Lipinski definition) is 0. The monoisotopic (exact) mass is 204 g/mol. The van der Waals surface area contributed by atoms with Crippen molar-refractivity contribution in [3.8, 4) is 0 Å². The molecule has 0 aliphatic carbocycles. The molecule has 0 fully saturated rings. The molecule has 0 N–H and O–H groups in total. The first-order valence-electron chi connectivity index (χ1n) is 4.51. The average molecular weight is 205 g/mol. The van der Waals surface area contributed by atoms with Gasteiger partial charge < -0.3 is 0 Å². The quantitative estimate of drug-likeness (QED) is 0.599. The smallest absolute Gasteiger partial charge is 0.0405 e. The molecule has 0 saturated heterocycles. The summed E-state index contributed by atoms with van der Waals surface area (Å²) in [5.74, 6) is 0.